The van der Waals surface area contributed by atoms with Gasteiger partial charge in [0, 0.05) is 10.5 Å². The van der Waals surface area contributed by atoms with Crippen LogP contribution in [0.25, 0.3) is 6.08 Å². The summed E-state index contributed by atoms with van der Waals surface area (Å²) in [6.45, 7) is 2.94. The van der Waals surface area contributed by atoms with Crippen LogP contribution in [0.15, 0.2) is 53.0 Å². The van der Waals surface area contributed by atoms with Crippen LogP contribution in [-0.4, -0.2) is 6.61 Å². The molecular formula is C18H16BrNO2. The molecule has 0 N–H and O–H groups in total. The SMILES string of the molecule is CCOc1cc(/C=C/C#N)c(Br)cc1OCc1ccccc1. The number of allylic oxidation sites excluding steroid dienone is 1. The van der Waals surface area contributed by atoms with Crippen molar-refractivity contribution in [1.29, 1.82) is 5.26 Å². The first kappa shape index (κ1) is 16.1. The fourth-order valence-corrected chi connectivity index (χ4v) is 2.38. The van der Waals surface area contributed by atoms with Gasteiger partial charge in [-0.05, 0) is 36.3 Å². The van der Waals surface area contributed by atoms with E-state index >= 15 is 0 Å². The maximum Gasteiger partial charge on any atom is 0.162 e. The third kappa shape index (κ3) is 4.37. The van der Waals surface area contributed by atoms with Crippen LogP contribution < -0.4 is 9.47 Å². The van der Waals surface area contributed by atoms with Crippen molar-refractivity contribution in [3.63, 3.8) is 0 Å². The molecule has 0 aliphatic carbocycles. The minimum absolute atomic E-state index is 0.473. The Labute approximate surface area is 138 Å². The Bertz CT molecular complexity index is 690. The summed E-state index contributed by atoms with van der Waals surface area (Å²) in [4.78, 5) is 0. The largest absolute Gasteiger partial charge is 0.490 e. The maximum atomic E-state index is 8.65. The Morgan fingerprint density at radius 2 is 1.86 bits per heavy atom. The highest BCUT2D eigenvalue weighted by atomic mass is 79.9. The number of benzene rings is 2. The molecule has 22 heavy (non-hydrogen) atoms. The van der Waals surface area contributed by atoms with Gasteiger partial charge in [-0.1, -0.05) is 46.3 Å². The van der Waals surface area contributed by atoms with Gasteiger partial charge in [-0.3, -0.25) is 0 Å². The van der Waals surface area contributed by atoms with Crippen molar-refractivity contribution in [2.24, 2.45) is 0 Å². The fourth-order valence-electron chi connectivity index (χ4n) is 1.92. The highest BCUT2D eigenvalue weighted by Crippen LogP contribution is 2.35. The van der Waals surface area contributed by atoms with Crippen molar-refractivity contribution >= 4 is 22.0 Å². The molecule has 0 aliphatic heterocycles. The molecule has 0 fully saturated rings. The van der Waals surface area contributed by atoms with Crippen molar-refractivity contribution in [2.45, 2.75) is 13.5 Å². The monoisotopic (exact) mass is 357 g/mol. The molecule has 0 saturated heterocycles. The average molecular weight is 358 g/mol. The topological polar surface area (TPSA) is 42.2 Å². The molecule has 0 unspecified atom stereocenters. The van der Waals surface area contributed by atoms with E-state index in [1.165, 1.54) is 6.08 Å². The van der Waals surface area contributed by atoms with Gasteiger partial charge in [-0.25, -0.2) is 0 Å². The summed E-state index contributed by atoms with van der Waals surface area (Å²) >= 11 is 3.49. The van der Waals surface area contributed by atoms with Gasteiger partial charge in [0.2, 0.25) is 0 Å². The lowest BCUT2D eigenvalue weighted by atomic mass is 10.2. The number of nitriles is 1. The van der Waals surface area contributed by atoms with Crippen molar-refractivity contribution in [3.8, 4) is 17.6 Å². The van der Waals surface area contributed by atoms with Gasteiger partial charge in [-0.15, -0.1) is 0 Å². The van der Waals surface area contributed by atoms with Crippen LogP contribution in [-0.2, 0) is 6.61 Å². The zero-order valence-corrected chi connectivity index (χ0v) is 13.8. The highest BCUT2D eigenvalue weighted by Gasteiger charge is 2.10. The van der Waals surface area contributed by atoms with Crippen LogP contribution in [0, 0.1) is 11.3 Å². The smallest absolute Gasteiger partial charge is 0.162 e. The molecule has 2 aromatic carbocycles. The zero-order chi connectivity index (χ0) is 15.8. The van der Waals surface area contributed by atoms with Crippen LogP contribution >= 0.6 is 15.9 Å². The molecule has 0 amide bonds. The third-order valence-corrected chi connectivity index (χ3v) is 3.62. The number of halogens is 1. The van der Waals surface area contributed by atoms with Crippen LogP contribution in [0.5, 0.6) is 11.5 Å². The van der Waals surface area contributed by atoms with E-state index in [1.54, 1.807) is 6.08 Å². The molecule has 3 nitrogen and oxygen atoms in total. The molecule has 0 bridgehead atoms. The summed E-state index contributed by atoms with van der Waals surface area (Å²) in [5.74, 6) is 1.34. The molecule has 0 spiro atoms. The minimum atomic E-state index is 0.473. The predicted molar refractivity (Wildman–Crippen MR) is 90.7 cm³/mol. The zero-order valence-electron chi connectivity index (χ0n) is 12.3. The summed E-state index contributed by atoms with van der Waals surface area (Å²) in [7, 11) is 0. The Balaban J connectivity index is 2.24. The molecule has 0 radical (unpaired) electrons. The van der Waals surface area contributed by atoms with Gasteiger partial charge in [0.25, 0.3) is 0 Å². The molecule has 2 aromatic rings. The highest BCUT2D eigenvalue weighted by molar-refractivity contribution is 9.10. The summed E-state index contributed by atoms with van der Waals surface area (Å²) in [5, 5.41) is 8.65. The van der Waals surface area contributed by atoms with Crippen LogP contribution in [0.4, 0.5) is 0 Å². The molecule has 0 heterocycles. The van der Waals surface area contributed by atoms with E-state index in [0.717, 1.165) is 15.6 Å². The molecule has 112 valence electrons. The first-order valence-electron chi connectivity index (χ1n) is 6.93. The van der Waals surface area contributed by atoms with E-state index in [9.17, 15) is 0 Å². The molecule has 4 heteroatoms. The van der Waals surface area contributed by atoms with Crippen molar-refractivity contribution in [2.75, 3.05) is 6.61 Å². The summed E-state index contributed by atoms with van der Waals surface area (Å²) in [6.07, 6.45) is 3.16. The molecule has 2 rings (SSSR count). The lowest BCUT2D eigenvalue weighted by Crippen LogP contribution is -2.00. The van der Waals surface area contributed by atoms with Gasteiger partial charge >= 0.3 is 0 Å². The molecule has 0 saturated carbocycles. The van der Waals surface area contributed by atoms with E-state index in [4.69, 9.17) is 14.7 Å². The predicted octanol–water partition coefficient (Wildman–Crippen LogP) is 4.96. The maximum absolute atomic E-state index is 8.65. The number of hydrogen-bond acceptors (Lipinski definition) is 3. The van der Waals surface area contributed by atoms with Crippen molar-refractivity contribution in [1.82, 2.24) is 0 Å². The van der Waals surface area contributed by atoms with Crippen LogP contribution in [0.1, 0.15) is 18.1 Å². The Kier molecular flexibility index (Phi) is 6.05. The minimum Gasteiger partial charge on any atom is -0.490 e. The second-order valence-electron chi connectivity index (χ2n) is 4.49. The first-order chi connectivity index (χ1) is 10.7. The average Bonchev–Trinajstić information content (AvgIpc) is 2.54. The molecule has 0 atom stereocenters. The molecule has 0 aromatic heterocycles. The van der Waals surface area contributed by atoms with E-state index < -0.39 is 0 Å². The number of ether oxygens (including phenoxy) is 2. The number of rotatable bonds is 6. The second kappa shape index (κ2) is 8.26. The Hall–Kier alpha value is -2.25. The summed E-state index contributed by atoms with van der Waals surface area (Å²) in [5.41, 5.74) is 1.96. The normalized spacial score (nSPS) is 10.4. The van der Waals surface area contributed by atoms with Crippen molar-refractivity contribution in [3.05, 3.63) is 64.1 Å². The number of nitrogens with zero attached hydrogens (tertiary/aromatic N) is 1. The summed E-state index contributed by atoms with van der Waals surface area (Å²) < 4.78 is 12.4. The van der Waals surface area contributed by atoms with E-state index in [1.807, 2.05) is 55.5 Å². The quantitative estimate of drug-likeness (QED) is 0.685. The van der Waals surface area contributed by atoms with E-state index in [2.05, 4.69) is 15.9 Å². The van der Waals surface area contributed by atoms with Gasteiger partial charge in [0.15, 0.2) is 11.5 Å². The van der Waals surface area contributed by atoms with E-state index in [-0.39, 0.29) is 0 Å². The Morgan fingerprint density at radius 1 is 1.14 bits per heavy atom. The van der Waals surface area contributed by atoms with Gasteiger partial charge in [-0.2, -0.15) is 5.26 Å². The molecule has 0 aliphatic rings. The fraction of sp³-hybridized carbons (Fsp3) is 0.167. The van der Waals surface area contributed by atoms with Gasteiger partial charge in [0.1, 0.15) is 6.61 Å². The van der Waals surface area contributed by atoms with Gasteiger partial charge in [0.05, 0.1) is 12.7 Å². The van der Waals surface area contributed by atoms with Crippen LogP contribution in [0.3, 0.4) is 0 Å². The van der Waals surface area contributed by atoms with Gasteiger partial charge < -0.3 is 9.47 Å². The lowest BCUT2D eigenvalue weighted by Gasteiger charge is -2.14. The summed E-state index contributed by atoms with van der Waals surface area (Å²) in [6, 6.07) is 15.7. The van der Waals surface area contributed by atoms with Crippen LogP contribution in [0.2, 0.25) is 0 Å². The van der Waals surface area contributed by atoms with Crippen molar-refractivity contribution < 1.29 is 9.47 Å². The van der Waals surface area contributed by atoms with E-state index in [0.29, 0.717) is 24.7 Å². The lowest BCUT2D eigenvalue weighted by molar-refractivity contribution is 0.269. The Morgan fingerprint density at radius 3 is 2.55 bits per heavy atom. The second-order valence-corrected chi connectivity index (χ2v) is 5.34. The third-order valence-electron chi connectivity index (χ3n) is 2.94. The first-order valence-corrected chi connectivity index (χ1v) is 7.73. The number of hydrogen-bond donors (Lipinski definition) is 0. The molecular weight excluding hydrogens is 342 g/mol. The standard InChI is InChI=1S/C18H16BrNO2/c1-2-21-17-11-15(9-6-10-20)16(19)12-18(17)22-13-14-7-4-3-5-8-14/h3-9,11-12H,2,13H2,1H3/b9-6+.